The SMILES string of the molecule is O=C(Nc1cccnn1)N1CCCC[C@@H]1c1cn[nH]c1. The van der Waals surface area contributed by atoms with Gasteiger partial charge in [-0.15, -0.1) is 5.10 Å². The molecule has 0 unspecified atom stereocenters. The van der Waals surface area contributed by atoms with E-state index in [-0.39, 0.29) is 12.1 Å². The normalized spacial score (nSPS) is 18.8. The molecule has 7 nitrogen and oxygen atoms in total. The van der Waals surface area contributed by atoms with E-state index in [1.165, 1.54) is 0 Å². The Morgan fingerprint density at radius 3 is 3.15 bits per heavy atom. The summed E-state index contributed by atoms with van der Waals surface area (Å²) < 4.78 is 0. The molecule has 0 saturated carbocycles. The molecule has 3 rings (SSSR count). The van der Waals surface area contributed by atoms with Gasteiger partial charge in [0.1, 0.15) is 0 Å². The number of nitrogens with zero attached hydrogens (tertiary/aromatic N) is 4. The molecule has 0 aliphatic carbocycles. The predicted octanol–water partition coefficient (Wildman–Crippen LogP) is 1.96. The number of aromatic amines is 1. The molecule has 3 heterocycles. The van der Waals surface area contributed by atoms with Gasteiger partial charge in [0, 0.05) is 24.5 Å². The van der Waals surface area contributed by atoms with Gasteiger partial charge in [-0.25, -0.2) is 4.79 Å². The van der Waals surface area contributed by atoms with Crippen LogP contribution >= 0.6 is 0 Å². The van der Waals surface area contributed by atoms with E-state index in [9.17, 15) is 4.79 Å². The Labute approximate surface area is 116 Å². The highest BCUT2D eigenvalue weighted by molar-refractivity contribution is 5.88. The molecule has 2 amide bonds. The largest absolute Gasteiger partial charge is 0.323 e. The molecule has 2 aromatic heterocycles. The van der Waals surface area contributed by atoms with Gasteiger partial charge in [-0.3, -0.25) is 10.4 Å². The average Bonchev–Trinajstić information content (AvgIpc) is 3.02. The topological polar surface area (TPSA) is 86.8 Å². The number of anilines is 1. The lowest BCUT2D eigenvalue weighted by atomic mass is 9.98. The number of carbonyl (C=O) groups is 1. The summed E-state index contributed by atoms with van der Waals surface area (Å²) in [4.78, 5) is 14.2. The summed E-state index contributed by atoms with van der Waals surface area (Å²) in [5.41, 5.74) is 1.04. The molecule has 7 heteroatoms. The summed E-state index contributed by atoms with van der Waals surface area (Å²) in [5, 5.41) is 17.2. The van der Waals surface area contributed by atoms with Crippen LogP contribution < -0.4 is 5.32 Å². The van der Waals surface area contributed by atoms with E-state index in [0.717, 1.165) is 31.4 Å². The first kappa shape index (κ1) is 12.6. The van der Waals surface area contributed by atoms with Gasteiger partial charge in [0.25, 0.3) is 0 Å². The zero-order valence-corrected chi connectivity index (χ0v) is 11.0. The van der Waals surface area contributed by atoms with Gasteiger partial charge in [0.2, 0.25) is 0 Å². The number of carbonyl (C=O) groups excluding carboxylic acids is 1. The molecule has 0 radical (unpaired) electrons. The van der Waals surface area contributed by atoms with Gasteiger partial charge in [-0.1, -0.05) is 0 Å². The Hall–Kier alpha value is -2.44. The van der Waals surface area contributed by atoms with Crippen molar-refractivity contribution in [3.63, 3.8) is 0 Å². The number of hydrogen-bond donors (Lipinski definition) is 2. The molecule has 2 aromatic rings. The molecule has 1 aliphatic heterocycles. The smallest absolute Gasteiger partial charge is 0.317 e. The van der Waals surface area contributed by atoms with Crippen molar-refractivity contribution in [2.45, 2.75) is 25.3 Å². The first-order valence-corrected chi connectivity index (χ1v) is 6.68. The van der Waals surface area contributed by atoms with Crippen molar-refractivity contribution in [1.82, 2.24) is 25.3 Å². The fraction of sp³-hybridized carbons (Fsp3) is 0.385. The standard InChI is InChI=1S/C13H16N6O/c20-13(17-12-5-3-6-14-18-12)19-7-2-1-4-11(19)10-8-15-16-9-10/h3,5-6,8-9,11H,1-2,4,7H2,(H,15,16)(H,17,18,20)/t11-/m1/s1. The Bertz CT molecular complexity index is 556. The minimum Gasteiger partial charge on any atom is -0.317 e. The van der Waals surface area contributed by atoms with Crippen molar-refractivity contribution >= 4 is 11.8 Å². The molecule has 0 aromatic carbocycles. The summed E-state index contributed by atoms with van der Waals surface area (Å²) in [6, 6.07) is 3.39. The number of aromatic nitrogens is 4. The number of likely N-dealkylation sites (tertiary alicyclic amines) is 1. The minimum absolute atomic E-state index is 0.0687. The highest BCUT2D eigenvalue weighted by Gasteiger charge is 2.28. The van der Waals surface area contributed by atoms with Gasteiger partial charge in [0.15, 0.2) is 5.82 Å². The number of nitrogens with one attached hydrogen (secondary N) is 2. The molecular formula is C13H16N6O. The summed E-state index contributed by atoms with van der Waals surface area (Å²) >= 11 is 0. The molecule has 0 bridgehead atoms. The van der Waals surface area contributed by atoms with Crippen LogP contribution in [0.2, 0.25) is 0 Å². The van der Waals surface area contributed by atoms with Crippen molar-refractivity contribution < 1.29 is 4.79 Å². The number of amides is 2. The van der Waals surface area contributed by atoms with Crippen molar-refractivity contribution in [3.8, 4) is 0 Å². The second-order valence-electron chi connectivity index (χ2n) is 4.78. The number of hydrogen-bond acceptors (Lipinski definition) is 4. The van der Waals surface area contributed by atoms with E-state index >= 15 is 0 Å². The second kappa shape index (κ2) is 5.68. The molecule has 104 valence electrons. The fourth-order valence-corrected chi connectivity index (χ4v) is 2.51. The van der Waals surface area contributed by atoms with Crippen molar-refractivity contribution in [2.75, 3.05) is 11.9 Å². The van der Waals surface area contributed by atoms with Crippen molar-refractivity contribution in [3.05, 3.63) is 36.3 Å². The number of H-pyrrole nitrogens is 1. The third-order valence-corrected chi connectivity index (χ3v) is 3.48. The quantitative estimate of drug-likeness (QED) is 0.874. The van der Waals surface area contributed by atoms with E-state index in [4.69, 9.17) is 0 Å². The number of piperidine rings is 1. The van der Waals surface area contributed by atoms with E-state index in [1.54, 1.807) is 24.5 Å². The zero-order valence-electron chi connectivity index (χ0n) is 11.0. The number of urea groups is 1. The van der Waals surface area contributed by atoms with Gasteiger partial charge < -0.3 is 4.90 Å². The lowest BCUT2D eigenvalue weighted by Crippen LogP contribution is -2.41. The van der Waals surface area contributed by atoms with Crippen LogP contribution in [0.1, 0.15) is 30.9 Å². The summed E-state index contributed by atoms with van der Waals surface area (Å²) in [6.07, 6.45) is 8.28. The van der Waals surface area contributed by atoms with Crippen LogP contribution in [0.4, 0.5) is 10.6 Å². The van der Waals surface area contributed by atoms with Crippen LogP contribution in [0, 0.1) is 0 Å². The Morgan fingerprint density at radius 1 is 1.45 bits per heavy atom. The second-order valence-corrected chi connectivity index (χ2v) is 4.78. The van der Waals surface area contributed by atoms with Crippen LogP contribution in [0.3, 0.4) is 0 Å². The molecule has 1 aliphatic rings. The third kappa shape index (κ3) is 2.61. The predicted molar refractivity (Wildman–Crippen MR) is 72.9 cm³/mol. The van der Waals surface area contributed by atoms with Crippen LogP contribution in [-0.4, -0.2) is 37.9 Å². The van der Waals surface area contributed by atoms with Crippen molar-refractivity contribution in [2.24, 2.45) is 0 Å². The van der Waals surface area contributed by atoms with Gasteiger partial charge in [0.05, 0.1) is 12.2 Å². The Kier molecular flexibility index (Phi) is 3.58. The first-order chi connectivity index (χ1) is 9.84. The Balaban J connectivity index is 1.74. The summed E-state index contributed by atoms with van der Waals surface area (Å²) in [5.74, 6) is 0.467. The highest BCUT2D eigenvalue weighted by atomic mass is 16.2. The van der Waals surface area contributed by atoms with E-state index in [1.807, 2.05) is 11.1 Å². The van der Waals surface area contributed by atoms with E-state index < -0.39 is 0 Å². The van der Waals surface area contributed by atoms with Crippen LogP contribution in [0.15, 0.2) is 30.7 Å². The molecular weight excluding hydrogens is 256 g/mol. The maximum Gasteiger partial charge on any atom is 0.323 e. The lowest BCUT2D eigenvalue weighted by molar-refractivity contribution is 0.163. The van der Waals surface area contributed by atoms with Crippen LogP contribution in [-0.2, 0) is 0 Å². The minimum atomic E-state index is -0.142. The van der Waals surface area contributed by atoms with Crippen LogP contribution in [0.5, 0.6) is 0 Å². The summed E-state index contributed by atoms with van der Waals surface area (Å²) in [7, 11) is 0. The van der Waals surface area contributed by atoms with E-state index in [2.05, 4.69) is 25.7 Å². The highest BCUT2D eigenvalue weighted by Crippen LogP contribution is 2.30. The molecule has 0 spiro atoms. The lowest BCUT2D eigenvalue weighted by Gasteiger charge is -2.35. The third-order valence-electron chi connectivity index (χ3n) is 3.48. The fourth-order valence-electron chi connectivity index (χ4n) is 2.51. The zero-order chi connectivity index (χ0) is 13.8. The molecule has 2 N–H and O–H groups in total. The molecule has 1 fully saturated rings. The molecule has 1 saturated heterocycles. The number of rotatable bonds is 2. The maximum absolute atomic E-state index is 12.4. The van der Waals surface area contributed by atoms with Gasteiger partial charge in [-0.2, -0.15) is 10.2 Å². The molecule has 1 atom stereocenters. The summed E-state index contributed by atoms with van der Waals surface area (Å²) in [6.45, 7) is 0.738. The van der Waals surface area contributed by atoms with Gasteiger partial charge in [-0.05, 0) is 31.4 Å². The Morgan fingerprint density at radius 2 is 2.40 bits per heavy atom. The average molecular weight is 272 g/mol. The van der Waals surface area contributed by atoms with Gasteiger partial charge >= 0.3 is 6.03 Å². The van der Waals surface area contributed by atoms with E-state index in [0.29, 0.717) is 5.82 Å². The monoisotopic (exact) mass is 272 g/mol. The maximum atomic E-state index is 12.4. The molecule has 20 heavy (non-hydrogen) atoms. The first-order valence-electron chi connectivity index (χ1n) is 6.68. The van der Waals surface area contributed by atoms with Crippen LogP contribution in [0.25, 0.3) is 0 Å². The van der Waals surface area contributed by atoms with Crippen molar-refractivity contribution in [1.29, 1.82) is 0 Å².